The van der Waals surface area contributed by atoms with E-state index in [4.69, 9.17) is 14.2 Å². The number of carbonyl (C=O) groups excluding carboxylic acids is 1. The Kier molecular flexibility index (Phi) is 11.3. The summed E-state index contributed by atoms with van der Waals surface area (Å²) in [6, 6.07) is 8.83. The first-order valence-corrected chi connectivity index (χ1v) is 14.4. The van der Waals surface area contributed by atoms with Gasteiger partial charge in [0.1, 0.15) is 22.8 Å². The van der Waals surface area contributed by atoms with E-state index in [9.17, 15) is 14.9 Å². The molecule has 1 atom stereocenters. The highest BCUT2D eigenvalue weighted by Gasteiger charge is 2.32. The number of fused-ring (bicyclic) bond motifs is 1. The van der Waals surface area contributed by atoms with Gasteiger partial charge < -0.3 is 14.2 Å². The van der Waals surface area contributed by atoms with Gasteiger partial charge in [-0.3, -0.25) is 10.1 Å². The predicted molar refractivity (Wildman–Crippen MR) is 163 cm³/mol. The van der Waals surface area contributed by atoms with Gasteiger partial charge in [-0.2, -0.15) is 0 Å². The predicted octanol–water partition coefficient (Wildman–Crippen LogP) is 9.76. The SMILES string of the molecule is CC(C)=CCC/C(C)=C/CC/C(C)=C/CC[C@]1(C)CCc2cc(OC(=O)Oc3ccc([N+](=O)[O-])cc3)cc(C)c2O1. The molecule has 3 rings (SSSR count). The fraction of sp³-hybridized carbons (Fsp3) is 0.441. The van der Waals surface area contributed by atoms with Gasteiger partial charge in [0.2, 0.25) is 0 Å². The van der Waals surface area contributed by atoms with Crippen LogP contribution in [0.5, 0.6) is 17.2 Å². The summed E-state index contributed by atoms with van der Waals surface area (Å²) >= 11 is 0. The summed E-state index contributed by atoms with van der Waals surface area (Å²) in [6.07, 6.45) is 14.1. The average molecular weight is 562 g/mol. The number of aryl methyl sites for hydroxylation is 2. The molecule has 0 amide bonds. The van der Waals surface area contributed by atoms with E-state index in [2.05, 4.69) is 52.8 Å². The molecule has 1 aliphatic rings. The Morgan fingerprint density at radius 2 is 1.56 bits per heavy atom. The molecular weight excluding hydrogens is 518 g/mol. The molecule has 0 spiro atoms. The fourth-order valence-corrected chi connectivity index (χ4v) is 4.89. The number of nitro benzene ring substituents is 1. The molecule has 0 fully saturated rings. The first kappa shape index (κ1) is 31.7. The quantitative estimate of drug-likeness (QED) is 0.0842. The number of benzene rings is 2. The maximum Gasteiger partial charge on any atom is 0.519 e. The largest absolute Gasteiger partial charge is 0.519 e. The molecule has 0 saturated carbocycles. The van der Waals surface area contributed by atoms with Crippen molar-refractivity contribution in [1.82, 2.24) is 0 Å². The topological polar surface area (TPSA) is 87.9 Å². The number of hydrogen-bond donors (Lipinski definition) is 0. The van der Waals surface area contributed by atoms with E-state index in [1.54, 1.807) is 6.07 Å². The Balaban J connectivity index is 1.50. The number of nitrogens with zero attached hydrogens (tertiary/aromatic N) is 1. The summed E-state index contributed by atoms with van der Waals surface area (Å²) in [6.45, 7) is 12.8. The maximum atomic E-state index is 12.3. The van der Waals surface area contributed by atoms with E-state index in [1.807, 2.05) is 13.0 Å². The van der Waals surface area contributed by atoms with Gasteiger partial charge in [-0.15, -0.1) is 0 Å². The molecule has 1 aliphatic heterocycles. The van der Waals surface area contributed by atoms with Crippen LogP contribution >= 0.6 is 0 Å². The van der Waals surface area contributed by atoms with Crippen LogP contribution in [-0.2, 0) is 6.42 Å². The maximum absolute atomic E-state index is 12.3. The van der Waals surface area contributed by atoms with E-state index in [0.717, 1.165) is 68.2 Å². The molecule has 2 aromatic carbocycles. The highest BCUT2D eigenvalue weighted by atomic mass is 16.7. The van der Waals surface area contributed by atoms with Crippen molar-refractivity contribution in [1.29, 1.82) is 0 Å². The molecular formula is C34H43NO6. The Morgan fingerprint density at radius 1 is 0.951 bits per heavy atom. The first-order chi connectivity index (χ1) is 19.4. The van der Waals surface area contributed by atoms with E-state index in [1.165, 1.54) is 41.0 Å². The van der Waals surface area contributed by atoms with Gasteiger partial charge in [-0.25, -0.2) is 4.79 Å². The number of nitro groups is 1. The highest BCUT2D eigenvalue weighted by Crippen LogP contribution is 2.40. The van der Waals surface area contributed by atoms with Crippen LogP contribution in [0.1, 0.15) is 90.7 Å². The van der Waals surface area contributed by atoms with Crippen LogP contribution in [-0.4, -0.2) is 16.7 Å². The average Bonchev–Trinajstić information content (AvgIpc) is 2.89. The lowest BCUT2D eigenvalue weighted by molar-refractivity contribution is -0.384. The summed E-state index contributed by atoms with van der Waals surface area (Å²) in [7, 11) is 0. The molecule has 2 aromatic rings. The molecule has 0 N–H and O–H groups in total. The minimum atomic E-state index is -0.906. The van der Waals surface area contributed by atoms with E-state index < -0.39 is 11.1 Å². The van der Waals surface area contributed by atoms with Gasteiger partial charge in [-0.1, -0.05) is 34.9 Å². The van der Waals surface area contributed by atoms with Crippen molar-refractivity contribution in [2.24, 2.45) is 0 Å². The van der Waals surface area contributed by atoms with E-state index in [-0.39, 0.29) is 17.0 Å². The number of ether oxygens (including phenoxy) is 3. The lowest BCUT2D eigenvalue weighted by atomic mass is 9.87. The van der Waals surface area contributed by atoms with Gasteiger partial charge in [0.15, 0.2) is 0 Å². The molecule has 0 radical (unpaired) electrons. The Morgan fingerprint density at radius 3 is 2.20 bits per heavy atom. The lowest BCUT2D eigenvalue weighted by Gasteiger charge is -2.36. The van der Waals surface area contributed by atoms with Crippen LogP contribution in [0.3, 0.4) is 0 Å². The summed E-state index contributed by atoms with van der Waals surface area (Å²) in [5.74, 6) is 1.39. The molecule has 0 aliphatic carbocycles. The number of hydrogen-bond acceptors (Lipinski definition) is 6. The van der Waals surface area contributed by atoms with Crippen LogP contribution in [0.25, 0.3) is 0 Å². The smallest absolute Gasteiger partial charge is 0.487 e. The third-order valence-corrected chi connectivity index (χ3v) is 7.34. The van der Waals surface area contributed by atoms with Crippen LogP contribution in [0.15, 0.2) is 71.3 Å². The summed E-state index contributed by atoms with van der Waals surface area (Å²) in [5.41, 5.74) is 5.80. The van der Waals surface area contributed by atoms with Crippen molar-refractivity contribution in [2.45, 2.75) is 98.5 Å². The summed E-state index contributed by atoms with van der Waals surface area (Å²) < 4.78 is 17.1. The molecule has 1 heterocycles. The van der Waals surface area contributed by atoms with E-state index >= 15 is 0 Å². The van der Waals surface area contributed by atoms with Gasteiger partial charge in [0.25, 0.3) is 5.69 Å². The normalized spacial score (nSPS) is 16.8. The minimum absolute atomic E-state index is 0.0848. The number of rotatable bonds is 12. The number of carbonyl (C=O) groups is 1. The molecule has 7 heteroatoms. The molecule has 0 bridgehead atoms. The molecule has 0 aromatic heterocycles. The molecule has 0 saturated heterocycles. The third-order valence-electron chi connectivity index (χ3n) is 7.34. The van der Waals surface area contributed by atoms with Crippen molar-refractivity contribution in [3.8, 4) is 17.2 Å². The zero-order chi connectivity index (χ0) is 30.0. The van der Waals surface area contributed by atoms with Crippen molar-refractivity contribution in [2.75, 3.05) is 0 Å². The monoisotopic (exact) mass is 561 g/mol. The zero-order valence-corrected chi connectivity index (χ0v) is 25.2. The van der Waals surface area contributed by atoms with E-state index in [0.29, 0.717) is 5.75 Å². The van der Waals surface area contributed by atoms with Crippen LogP contribution in [0, 0.1) is 17.0 Å². The zero-order valence-electron chi connectivity index (χ0n) is 25.2. The summed E-state index contributed by atoms with van der Waals surface area (Å²) in [5, 5.41) is 10.8. The van der Waals surface area contributed by atoms with Crippen molar-refractivity contribution >= 4 is 11.8 Å². The van der Waals surface area contributed by atoms with Crippen LogP contribution < -0.4 is 14.2 Å². The third kappa shape index (κ3) is 10.2. The Bertz CT molecular complexity index is 1320. The molecule has 0 unspecified atom stereocenters. The van der Waals surface area contributed by atoms with Crippen LogP contribution in [0.2, 0.25) is 0 Å². The van der Waals surface area contributed by atoms with Crippen molar-refractivity contribution in [3.63, 3.8) is 0 Å². The molecule has 7 nitrogen and oxygen atoms in total. The summed E-state index contributed by atoms with van der Waals surface area (Å²) in [4.78, 5) is 22.6. The number of allylic oxidation sites excluding steroid dienone is 6. The molecule has 220 valence electrons. The van der Waals surface area contributed by atoms with Gasteiger partial charge in [-0.05, 0) is 128 Å². The Hall–Kier alpha value is -3.87. The fourth-order valence-electron chi connectivity index (χ4n) is 4.89. The Labute approximate surface area is 244 Å². The molecule has 41 heavy (non-hydrogen) atoms. The highest BCUT2D eigenvalue weighted by molar-refractivity contribution is 5.68. The lowest BCUT2D eigenvalue weighted by Crippen LogP contribution is -2.36. The minimum Gasteiger partial charge on any atom is -0.487 e. The van der Waals surface area contributed by atoms with Crippen molar-refractivity contribution < 1.29 is 23.9 Å². The second-order valence-electron chi connectivity index (χ2n) is 11.5. The van der Waals surface area contributed by atoms with Crippen molar-refractivity contribution in [3.05, 3.63) is 92.6 Å². The van der Waals surface area contributed by atoms with Gasteiger partial charge in [0.05, 0.1) is 4.92 Å². The first-order valence-electron chi connectivity index (χ1n) is 14.4. The van der Waals surface area contributed by atoms with Gasteiger partial charge in [0, 0.05) is 12.1 Å². The number of non-ortho nitro benzene ring substituents is 1. The second kappa shape index (κ2) is 14.7. The van der Waals surface area contributed by atoms with Gasteiger partial charge >= 0.3 is 6.16 Å². The second-order valence-corrected chi connectivity index (χ2v) is 11.5. The standard InChI is InChI=1S/C34H43NO6/c1-24(2)10-7-11-25(3)12-8-13-26(4)14-9-20-34(6)21-19-28-23-31(22-27(5)32(28)41-34)40-33(36)39-30-17-15-29(16-18-30)35(37)38/h10,12,14-18,22-23H,7-9,11,13,19-21H2,1-6H3/b25-12+,26-14+/t34-/m1/s1. The van der Waals surface area contributed by atoms with Crippen LogP contribution in [0.4, 0.5) is 10.5 Å².